The molecule has 0 spiro atoms. The molecule has 1 aromatic carbocycles. The van der Waals surface area contributed by atoms with Gasteiger partial charge in [0, 0.05) is 15.5 Å². The molecule has 2 rings (SSSR count). The average Bonchev–Trinajstić information content (AvgIpc) is 2.40. The normalized spacial score (nSPS) is 18.0. The fourth-order valence-corrected chi connectivity index (χ4v) is 5.31. The smallest absolute Gasteiger partial charge is 0.241 e. The first-order valence-electron chi connectivity index (χ1n) is 7.02. The fourth-order valence-electron chi connectivity index (χ4n) is 2.52. The molecule has 1 aromatic rings. The number of rotatable bonds is 5. The van der Waals surface area contributed by atoms with E-state index in [1.54, 1.807) is 18.2 Å². The number of sulfonamides is 1. The van der Waals surface area contributed by atoms with E-state index in [0.29, 0.717) is 16.9 Å². The van der Waals surface area contributed by atoms with Crippen molar-refractivity contribution in [3.8, 4) is 0 Å². The lowest BCUT2D eigenvalue weighted by molar-refractivity contribution is 0.213. The van der Waals surface area contributed by atoms with Crippen molar-refractivity contribution in [3.63, 3.8) is 0 Å². The van der Waals surface area contributed by atoms with Gasteiger partial charge in [-0.2, -0.15) is 0 Å². The summed E-state index contributed by atoms with van der Waals surface area (Å²) in [6.45, 7) is 2.71. The Morgan fingerprint density at radius 3 is 2.57 bits per heavy atom. The standard InChI is InChI=1S/C14H20Br2N2O2S/c1-18-8-5-11(6-9-18)4-7-17-21(19,20)14-3-2-12(15)10-13(14)16/h2-3,10-11,17H,4-9H2,1H3. The molecule has 0 radical (unpaired) electrons. The molecular formula is C14H20Br2N2O2S. The third kappa shape index (κ3) is 5.03. The predicted molar refractivity (Wildman–Crippen MR) is 91.9 cm³/mol. The summed E-state index contributed by atoms with van der Waals surface area (Å²) in [6.07, 6.45) is 3.21. The van der Waals surface area contributed by atoms with Gasteiger partial charge in [0.25, 0.3) is 0 Å². The van der Waals surface area contributed by atoms with Crippen molar-refractivity contribution in [2.24, 2.45) is 5.92 Å². The van der Waals surface area contributed by atoms with Crippen molar-refractivity contribution in [2.45, 2.75) is 24.2 Å². The lowest BCUT2D eigenvalue weighted by Gasteiger charge is -2.28. The van der Waals surface area contributed by atoms with Crippen LogP contribution in [0.4, 0.5) is 0 Å². The van der Waals surface area contributed by atoms with Crippen molar-refractivity contribution >= 4 is 41.9 Å². The zero-order valence-corrected chi connectivity index (χ0v) is 16.0. The van der Waals surface area contributed by atoms with Crippen LogP contribution < -0.4 is 4.72 Å². The summed E-state index contributed by atoms with van der Waals surface area (Å²) in [4.78, 5) is 2.61. The Morgan fingerprint density at radius 2 is 1.95 bits per heavy atom. The zero-order chi connectivity index (χ0) is 15.5. The highest BCUT2D eigenvalue weighted by Crippen LogP contribution is 2.26. The zero-order valence-electron chi connectivity index (χ0n) is 12.0. The average molecular weight is 440 g/mol. The van der Waals surface area contributed by atoms with Crippen LogP contribution in [0.15, 0.2) is 32.0 Å². The Balaban J connectivity index is 1.89. The molecule has 0 saturated carbocycles. The molecule has 1 N–H and O–H groups in total. The topological polar surface area (TPSA) is 49.4 Å². The van der Waals surface area contributed by atoms with Crippen LogP contribution in [0.2, 0.25) is 0 Å². The van der Waals surface area contributed by atoms with E-state index in [0.717, 1.165) is 36.8 Å². The Morgan fingerprint density at radius 1 is 1.29 bits per heavy atom. The van der Waals surface area contributed by atoms with Gasteiger partial charge in [-0.3, -0.25) is 0 Å². The first-order valence-corrected chi connectivity index (χ1v) is 10.1. The van der Waals surface area contributed by atoms with Gasteiger partial charge in [0.1, 0.15) is 0 Å². The number of hydrogen-bond acceptors (Lipinski definition) is 3. The number of piperidine rings is 1. The molecule has 1 fully saturated rings. The number of nitrogens with zero attached hydrogens (tertiary/aromatic N) is 1. The van der Waals surface area contributed by atoms with E-state index in [2.05, 4.69) is 48.5 Å². The molecule has 1 aliphatic heterocycles. The highest BCUT2D eigenvalue weighted by Gasteiger charge is 2.20. The van der Waals surface area contributed by atoms with E-state index in [-0.39, 0.29) is 4.90 Å². The molecule has 1 saturated heterocycles. The highest BCUT2D eigenvalue weighted by atomic mass is 79.9. The lowest BCUT2D eigenvalue weighted by atomic mass is 9.94. The SMILES string of the molecule is CN1CCC(CCNS(=O)(=O)c2ccc(Br)cc2Br)CC1. The van der Waals surface area contributed by atoms with Crippen molar-refractivity contribution in [1.29, 1.82) is 0 Å². The summed E-state index contributed by atoms with van der Waals surface area (Å²) in [7, 11) is -1.32. The first-order chi connectivity index (χ1) is 9.88. The van der Waals surface area contributed by atoms with Crippen molar-refractivity contribution < 1.29 is 8.42 Å². The number of halogens is 2. The van der Waals surface area contributed by atoms with E-state index in [1.165, 1.54) is 0 Å². The molecular weight excluding hydrogens is 420 g/mol. The van der Waals surface area contributed by atoms with Gasteiger partial charge in [-0.25, -0.2) is 13.1 Å². The second kappa shape index (κ2) is 7.55. The van der Waals surface area contributed by atoms with E-state index in [4.69, 9.17) is 0 Å². The Kier molecular flexibility index (Phi) is 6.25. The minimum Gasteiger partial charge on any atom is -0.306 e. The molecule has 0 aliphatic carbocycles. The monoisotopic (exact) mass is 438 g/mol. The Hall–Kier alpha value is 0.0500. The Labute approximate surface area is 143 Å². The van der Waals surface area contributed by atoms with Gasteiger partial charge in [-0.05, 0) is 79.4 Å². The van der Waals surface area contributed by atoms with Crippen LogP contribution in [0, 0.1) is 5.92 Å². The fraction of sp³-hybridized carbons (Fsp3) is 0.571. The quantitative estimate of drug-likeness (QED) is 0.766. The van der Waals surface area contributed by atoms with Crippen LogP contribution in [0.25, 0.3) is 0 Å². The van der Waals surface area contributed by atoms with Gasteiger partial charge >= 0.3 is 0 Å². The maximum Gasteiger partial charge on any atom is 0.241 e. The van der Waals surface area contributed by atoms with Crippen LogP contribution in [-0.2, 0) is 10.0 Å². The van der Waals surface area contributed by atoms with Gasteiger partial charge in [0.2, 0.25) is 10.0 Å². The van der Waals surface area contributed by atoms with Gasteiger partial charge in [-0.1, -0.05) is 15.9 Å². The summed E-state index contributed by atoms with van der Waals surface area (Å²) < 4.78 is 28.7. The van der Waals surface area contributed by atoms with Gasteiger partial charge in [0.05, 0.1) is 4.90 Å². The molecule has 118 valence electrons. The molecule has 0 bridgehead atoms. The number of hydrogen-bond donors (Lipinski definition) is 1. The number of nitrogens with one attached hydrogen (secondary N) is 1. The predicted octanol–water partition coefficient (Wildman–Crippen LogP) is 3.22. The van der Waals surface area contributed by atoms with Crippen LogP contribution in [-0.4, -0.2) is 40.0 Å². The summed E-state index contributed by atoms with van der Waals surface area (Å²) in [6, 6.07) is 5.08. The van der Waals surface area contributed by atoms with Crippen molar-refractivity contribution in [3.05, 3.63) is 27.1 Å². The molecule has 4 nitrogen and oxygen atoms in total. The number of likely N-dealkylation sites (tertiary alicyclic amines) is 1. The number of benzene rings is 1. The summed E-state index contributed by atoms with van der Waals surface area (Å²) in [5, 5.41) is 0. The second-order valence-corrected chi connectivity index (χ2v) is 9.01. The van der Waals surface area contributed by atoms with Crippen LogP contribution in [0.3, 0.4) is 0 Å². The van der Waals surface area contributed by atoms with Gasteiger partial charge in [0.15, 0.2) is 0 Å². The largest absolute Gasteiger partial charge is 0.306 e. The molecule has 1 aliphatic rings. The van der Waals surface area contributed by atoms with Crippen LogP contribution in [0.1, 0.15) is 19.3 Å². The summed E-state index contributed by atoms with van der Waals surface area (Å²) in [5.41, 5.74) is 0. The minimum atomic E-state index is -3.45. The van der Waals surface area contributed by atoms with E-state index >= 15 is 0 Å². The van der Waals surface area contributed by atoms with E-state index in [1.807, 2.05) is 0 Å². The van der Waals surface area contributed by atoms with E-state index < -0.39 is 10.0 Å². The molecule has 21 heavy (non-hydrogen) atoms. The highest BCUT2D eigenvalue weighted by molar-refractivity contribution is 9.11. The van der Waals surface area contributed by atoms with Gasteiger partial charge < -0.3 is 4.90 Å². The summed E-state index contributed by atoms with van der Waals surface area (Å²) in [5.74, 6) is 0.622. The molecule has 7 heteroatoms. The third-order valence-corrected chi connectivity index (χ3v) is 6.80. The van der Waals surface area contributed by atoms with Crippen molar-refractivity contribution in [1.82, 2.24) is 9.62 Å². The van der Waals surface area contributed by atoms with Crippen LogP contribution >= 0.6 is 31.9 Å². The maximum atomic E-state index is 12.3. The van der Waals surface area contributed by atoms with Gasteiger partial charge in [-0.15, -0.1) is 0 Å². The molecule has 0 unspecified atom stereocenters. The molecule has 0 amide bonds. The van der Waals surface area contributed by atoms with Crippen LogP contribution in [0.5, 0.6) is 0 Å². The van der Waals surface area contributed by atoms with E-state index in [9.17, 15) is 8.42 Å². The summed E-state index contributed by atoms with van der Waals surface area (Å²) >= 11 is 6.63. The second-order valence-electron chi connectivity index (χ2n) is 5.51. The molecule has 1 heterocycles. The maximum absolute atomic E-state index is 12.3. The third-order valence-electron chi connectivity index (χ3n) is 3.87. The molecule has 0 atom stereocenters. The lowest BCUT2D eigenvalue weighted by Crippen LogP contribution is -2.32. The molecule has 0 aromatic heterocycles. The Bertz CT molecular complexity index is 585. The minimum absolute atomic E-state index is 0.286. The van der Waals surface area contributed by atoms with Crippen molar-refractivity contribution in [2.75, 3.05) is 26.7 Å². The first kappa shape index (κ1) is 17.4.